The fourth-order valence-corrected chi connectivity index (χ4v) is 6.47. The minimum Gasteiger partial charge on any atom is -0.222 e. The van der Waals surface area contributed by atoms with Gasteiger partial charge >= 0.3 is 0 Å². The number of nitrogens with zero attached hydrogens (tertiary/aromatic N) is 2. The average Bonchev–Trinajstić information content (AvgIpc) is 3.19. The van der Waals surface area contributed by atoms with E-state index in [2.05, 4.69) is 0 Å². The van der Waals surface area contributed by atoms with Crippen LogP contribution in [0.2, 0.25) is 5.15 Å². The number of thiophene rings is 1. The van der Waals surface area contributed by atoms with E-state index in [4.69, 9.17) is 21.6 Å². The van der Waals surface area contributed by atoms with E-state index in [-0.39, 0.29) is 0 Å². The SMILES string of the molecule is Clc1nc(C2CC3CCC2C3)nc2sc3c(c12)CCCC3. The van der Waals surface area contributed by atoms with Gasteiger partial charge in [-0.25, -0.2) is 9.97 Å². The molecule has 0 aromatic carbocycles. The summed E-state index contributed by atoms with van der Waals surface area (Å²) in [6.07, 6.45) is 10.4. The number of rotatable bonds is 1. The summed E-state index contributed by atoms with van der Waals surface area (Å²) < 4.78 is 0. The summed E-state index contributed by atoms with van der Waals surface area (Å²) in [7, 11) is 0. The Kier molecular flexibility index (Phi) is 2.85. The van der Waals surface area contributed by atoms with E-state index >= 15 is 0 Å². The zero-order chi connectivity index (χ0) is 14.0. The first-order valence-corrected chi connectivity index (χ1v) is 9.46. The summed E-state index contributed by atoms with van der Waals surface area (Å²) in [5, 5.41) is 1.89. The van der Waals surface area contributed by atoms with Gasteiger partial charge in [0.05, 0.1) is 5.39 Å². The molecular weight excluding hydrogens is 300 g/mol. The molecule has 2 aromatic rings. The molecule has 0 saturated heterocycles. The zero-order valence-electron chi connectivity index (χ0n) is 12.1. The monoisotopic (exact) mass is 318 g/mol. The van der Waals surface area contributed by atoms with Crippen molar-refractivity contribution in [3.63, 3.8) is 0 Å². The molecule has 3 unspecified atom stereocenters. The van der Waals surface area contributed by atoms with Crippen LogP contribution in [0.1, 0.15) is 60.7 Å². The van der Waals surface area contributed by atoms with Crippen LogP contribution in [-0.4, -0.2) is 9.97 Å². The second kappa shape index (κ2) is 4.66. The molecule has 0 spiro atoms. The maximum absolute atomic E-state index is 6.58. The molecule has 21 heavy (non-hydrogen) atoms. The second-order valence-electron chi connectivity index (χ2n) is 7.05. The molecular formula is C17H19ClN2S. The van der Waals surface area contributed by atoms with Gasteiger partial charge in [-0.2, -0.15) is 0 Å². The maximum Gasteiger partial charge on any atom is 0.141 e. The maximum atomic E-state index is 6.58. The Hall–Kier alpha value is -0.670. The summed E-state index contributed by atoms with van der Waals surface area (Å²) in [6, 6.07) is 0. The van der Waals surface area contributed by atoms with E-state index in [9.17, 15) is 0 Å². The molecule has 4 heteroatoms. The Labute approximate surface area is 133 Å². The minimum absolute atomic E-state index is 0.574. The third-order valence-corrected chi connectivity index (χ3v) is 7.32. The number of hydrogen-bond donors (Lipinski definition) is 0. The highest BCUT2D eigenvalue weighted by Crippen LogP contribution is 2.52. The number of hydrogen-bond acceptors (Lipinski definition) is 3. The van der Waals surface area contributed by atoms with Gasteiger partial charge in [-0.1, -0.05) is 18.0 Å². The summed E-state index contributed by atoms with van der Waals surface area (Å²) >= 11 is 8.45. The molecule has 2 heterocycles. The van der Waals surface area contributed by atoms with Gasteiger partial charge in [0.15, 0.2) is 0 Å². The smallest absolute Gasteiger partial charge is 0.141 e. The van der Waals surface area contributed by atoms with Crippen LogP contribution >= 0.6 is 22.9 Å². The van der Waals surface area contributed by atoms with Crippen molar-refractivity contribution >= 4 is 33.2 Å². The number of aryl methyl sites for hydroxylation is 2. The predicted octanol–water partition coefficient (Wildman–Crippen LogP) is 5.13. The first-order valence-electron chi connectivity index (χ1n) is 8.27. The summed E-state index contributed by atoms with van der Waals surface area (Å²) in [4.78, 5) is 12.4. The quantitative estimate of drug-likeness (QED) is 0.681. The Morgan fingerprint density at radius 3 is 2.76 bits per heavy atom. The molecule has 0 N–H and O–H groups in total. The molecule has 3 aliphatic rings. The number of fused-ring (bicyclic) bond motifs is 5. The molecule has 2 fully saturated rings. The number of aromatic nitrogens is 2. The molecule has 5 rings (SSSR count). The van der Waals surface area contributed by atoms with E-state index in [0.29, 0.717) is 5.92 Å². The van der Waals surface area contributed by atoms with Crippen LogP contribution in [0.25, 0.3) is 10.2 Å². The lowest BCUT2D eigenvalue weighted by molar-refractivity contribution is 0.406. The van der Waals surface area contributed by atoms with E-state index in [1.54, 1.807) is 0 Å². The molecule has 2 aromatic heterocycles. The summed E-state index contributed by atoms with van der Waals surface area (Å²) in [6.45, 7) is 0. The Morgan fingerprint density at radius 2 is 1.95 bits per heavy atom. The van der Waals surface area contributed by atoms with Crippen molar-refractivity contribution in [2.45, 2.75) is 57.3 Å². The van der Waals surface area contributed by atoms with E-state index in [0.717, 1.165) is 34.1 Å². The second-order valence-corrected chi connectivity index (χ2v) is 8.49. The molecule has 0 aliphatic heterocycles. The van der Waals surface area contributed by atoms with Crippen LogP contribution < -0.4 is 0 Å². The lowest BCUT2D eigenvalue weighted by Crippen LogP contribution is -2.12. The van der Waals surface area contributed by atoms with Crippen LogP contribution in [-0.2, 0) is 12.8 Å². The first-order chi connectivity index (χ1) is 10.3. The Bertz CT molecular complexity index is 723. The average molecular weight is 319 g/mol. The van der Waals surface area contributed by atoms with Crippen LogP contribution in [0, 0.1) is 11.8 Å². The standard InChI is InChI=1S/C17H19ClN2S/c18-15-14-11-3-1-2-4-13(11)21-17(14)20-16(19-15)12-8-9-5-6-10(12)7-9/h9-10,12H,1-8H2. The van der Waals surface area contributed by atoms with Gasteiger partial charge in [0.25, 0.3) is 0 Å². The molecule has 3 atom stereocenters. The zero-order valence-corrected chi connectivity index (χ0v) is 13.6. The molecule has 0 amide bonds. The number of halogens is 1. The molecule has 2 nitrogen and oxygen atoms in total. The van der Waals surface area contributed by atoms with Crippen molar-refractivity contribution in [2.75, 3.05) is 0 Å². The van der Waals surface area contributed by atoms with Crippen molar-refractivity contribution in [2.24, 2.45) is 11.8 Å². The topological polar surface area (TPSA) is 25.8 Å². The van der Waals surface area contributed by atoms with Gasteiger partial charge < -0.3 is 0 Å². The van der Waals surface area contributed by atoms with Gasteiger partial charge in [-0.3, -0.25) is 0 Å². The fourth-order valence-electron chi connectivity index (χ4n) is 4.86. The van der Waals surface area contributed by atoms with Crippen LogP contribution in [0.15, 0.2) is 0 Å². The normalized spacial score (nSPS) is 31.0. The van der Waals surface area contributed by atoms with Crippen molar-refractivity contribution in [1.82, 2.24) is 9.97 Å². The lowest BCUT2D eigenvalue weighted by atomic mass is 9.88. The molecule has 2 saturated carbocycles. The van der Waals surface area contributed by atoms with Crippen molar-refractivity contribution in [3.8, 4) is 0 Å². The molecule has 2 bridgehead atoms. The largest absolute Gasteiger partial charge is 0.222 e. The van der Waals surface area contributed by atoms with Crippen LogP contribution in [0.3, 0.4) is 0 Å². The Balaban J connectivity index is 1.63. The molecule has 110 valence electrons. The van der Waals surface area contributed by atoms with Crippen molar-refractivity contribution in [3.05, 3.63) is 21.4 Å². The van der Waals surface area contributed by atoms with E-state index in [1.807, 2.05) is 11.3 Å². The van der Waals surface area contributed by atoms with Gasteiger partial charge in [0.1, 0.15) is 15.8 Å². The summed E-state index contributed by atoms with van der Waals surface area (Å²) in [5.41, 5.74) is 1.45. The van der Waals surface area contributed by atoms with E-state index in [1.165, 1.54) is 60.8 Å². The highest BCUT2D eigenvalue weighted by atomic mass is 35.5. The van der Waals surface area contributed by atoms with E-state index < -0.39 is 0 Å². The predicted molar refractivity (Wildman–Crippen MR) is 87.3 cm³/mol. The highest BCUT2D eigenvalue weighted by molar-refractivity contribution is 7.19. The first kappa shape index (κ1) is 12.8. The molecule has 0 radical (unpaired) electrons. The van der Waals surface area contributed by atoms with Gasteiger partial charge in [0, 0.05) is 10.8 Å². The van der Waals surface area contributed by atoms with Gasteiger partial charge in [-0.15, -0.1) is 11.3 Å². The molecule has 3 aliphatic carbocycles. The van der Waals surface area contributed by atoms with Crippen molar-refractivity contribution in [1.29, 1.82) is 0 Å². The van der Waals surface area contributed by atoms with Crippen molar-refractivity contribution < 1.29 is 0 Å². The fraction of sp³-hybridized carbons (Fsp3) is 0.647. The minimum atomic E-state index is 0.574. The Morgan fingerprint density at radius 1 is 1.05 bits per heavy atom. The van der Waals surface area contributed by atoms with Gasteiger partial charge in [-0.05, 0) is 62.3 Å². The summed E-state index contributed by atoms with van der Waals surface area (Å²) in [5.74, 6) is 3.36. The highest BCUT2D eigenvalue weighted by Gasteiger charge is 2.42. The van der Waals surface area contributed by atoms with Crippen LogP contribution in [0.4, 0.5) is 0 Å². The van der Waals surface area contributed by atoms with Gasteiger partial charge in [0.2, 0.25) is 0 Å². The third-order valence-electron chi connectivity index (χ3n) is 5.86. The lowest BCUT2D eigenvalue weighted by Gasteiger charge is -2.20. The third kappa shape index (κ3) is 1.90. The van der Waals surface area contributed by atoms with Crippen LogP contribution in [0.5, 0.6) is 0 Å².